The maximum absolute atomic E-state index is 5.82. The first-order chi connectivity index (χ1) is 7.50. The van der Waals surface area contributed by atoms with Crippen molar-refractivity contribution in [2.75, 3.05) is 6.54 Å². The first-order valence-corrected chi connectivity index (χ1v) is 6.03. The third-order valence-corrected chi connectivity index (χ3v) is 3.43. The second-order valence-corrected chi connectivity index (χ2v) is 5.73. The maximum Gasteiger partial charge on any atom is 0.0380 e. The van der Waals surface area contributed by atoms with Crippen molar-refractivity contribution in [3.8, 4) is 0 Å². The van der Waals surface area contributed by atoms with Crippen molar-refractivity contribution < 1.29 is 0 Å². The average Bonchev–Trinajstić information content (AvgIpc) is 2.44. The van der Waals surface area contributed by atoms with Gasteiger partial charge in [-0.15, -0.1) is 0 Å². The van der Waals surface area contributed by atoms with E-state index < -0.39 is 0 Å². The molecule has 1 aromatic rings. The van der Waals surface area contributed by atoms with Gasteiger partial charge >= 0.3 is 0 Å². The molecule has 2 heteroatoms. The first kappa shape index (κ1) is 11.7. The fourth-order valence-electron chi connectivity index (χ4n) is 2.59. The molecule has 0 aromatic heterocycles. The minimum absolute atomic E-state index is 0.246. The van der Waals surface area contributed by atoms with Gasteiger partial charge in [-0.1, -0.05) is 56.3 Å². The zero-order chi connectivity index (χ0) is 11.8. The van der Waals surface area contributed by atoms with Crippen molar-refractivity contribution in [3.63, 3.8) is 0 Å². The quantitative estimate of drug-likeness (QED) is 0.843. The zero-order valence-corrected chi connectivity index (χ0v) is 10.6. The molecule has 0 radical (unpaired) electrons. The van der Waals surface area contributed by atoms with Gasteiger partial charge in [-0.2, -0.15) is 0 Å². The topological polar surface area (TPSA) is 12.0 Å². The molecule has 0 saturated carbocycles. The standard InChI is InChI=1S/C14H18ClN/c1-10(15)9-16-13-12-7-5-4-6-11(12)8-14(13,2)3/h4-7,13,16H,1,8-9H2,2-3H3. The van der Waals surface area contributed by atoms with Crippen LogP contribution in [0.2, 0.25) is 0 Å². The second-order valence-electron chi connectivity index (χ2n) is 5.20. The van der Waals surface area contributed by atoms with Crippen LogP contribution in [0.25, 0.3) is 0 Å². The molecule has 0 heterocycles. The van der Waals surface area contributed by atoms with Gasteiger partial charge in [0.15, 0.2) is 0 Å². The van der Waals surface area contributed by atoms with Crippen molar-refractivity contribution in [1.82, 2.24) is 5.32 Å². The summed E-state index contributed by atoms with van der Waals surface area (Å²) in [6.07, 6.45) is 1.12. The van der Waals surface area contributed by atoms with E-state index in [0.29, 0.717) is 17.6 Å². The molecule has 1 unspecified atom stereocenters. The monoisotopic (exact) mass is 235 g/mol. The number of rotatable bonds is 3. The summed E-state index contributed by atoms with van der Waals surface area (Å²) >= 11 is 5.82. The van der Waals surface area contributed by atoms with Crippen LogP contribution in [-0.2, 0) is 6.42 Å². The van der Waals surface area contributed by atoms with Crippen LogP contribution in [0.5, 0.6) is 0 Å². The Morgan fingerprint density at radius 3 is 2.88 bits per heavy atom. The van der Waals surface area contributed by atoms with Crippen LogP contribution >= 0.6 is 11.6 Å². The van der Waals surface area contributed by atoms with Crippen LogP contribution < -0.4 is 5.32 Å². The van der Waals surface area contributed by atoms with E-state index in [9.17, 15) is 0 Å². The van der Waals surface area contributed by atoms with Gasteiger partial charge in [0.05, 0.1) is 0 Å². The van der Waals surface area contributed by atoms with Crippen molar-refractivity contribution >= 4 is 11.6 Å². The lowest BCUT2D eigenvalue weighted by Gasteiger charge is -2.28. The zero-order valence-electron chi connectivity index (χ0n) is 9.89. The smallest absolute Gasteiger partial charge is 0.0380 e. The van der Waals surface area contributed by atoms with Gasteiger partial charge in [0.1, 0.15) is 0 Å². The van der Waals surface area contributed by atoms with E-state index in [2.05, 4.69) is 50.0 Å². The summed E-state index contributed by atoms with van der Waals surface area (Å²) in [7, 11) is 0. The Labute approximate surface area is 103 Å². The molecule has 1 N–H and O–H groups in total. The molecule has 0 amide bonds. The molecular formula is C14H18ClN. The molecule has 0 saturated heterocycles. The molecule has 0 aliphatic heterocycles. The van der Waals surface area contributed by atoms with E-state index in [0.717, 1.165) is 6.42 Å². The summed E-state index contributed by atoms with van der Waals surface area (Å²) < 4.78 is 0. The van der Waals surface area contributed by atoms with Crippen LogP contribution in [0, 0.1) is 5.41 Å². The first-order valence-electron chi connectivity index (χ1n) is 5.65. The van der Waals surface area contributed by atoms with Crippen molar-refractivity contribution in [3.05, 3.63) is 47.0 Å². The second kappa shape index (κ2) is 4.23. The molecule has 16 heavy (non-hydrogen) atoms. The number of hydrogen-bond acceptors (Lipinski definition) is 1. The van der Waals surface area contributed by atoms with Gasteiger partial charge in [0.2, 0.25) is 0 Å². The highest BCUT2D eigenvalue weighted by molar-refractivity contribution is 6.29. The summed E-state index contributed by atoms with van der Waals surface area (Å²) in [6, 6.07) is 9.01. The Morgan fingerprint density at radius 1 is 1.50 bits per heavy atom. The molecule has 0 fully saturated rings. The third-order valence-electron chi connectivity index (χ3n) is 3.29. The number of benzene rings is 1. The van der Waals surface area contributed by atoms with Gasteiger partial charge in [-0.05, 0) is 23.0 Å². The predicted molar refractivity (Wildman–Crippen MR) is 69.7 cm³/mol. The van der Waals surface area contributed by atoms with E-state index >= 15 is 0 Å². The summed E-state index contributed by atoms with van der Waals surface area (Å²) in [5.41, 5.74) is 3.10. The van der Waals surface area contributed by atoms with Gasteiger partial charge in [-0.25, -0.2) is 0 Å². The highest BCUT2D eigenvalue weighted by atomic mass is 35.5. The molecular weight excluding hydrogens is 218 g/mol. The minimum Gasteiger partial charge on any atom is -0.304 e. The molecule has 1 aromatic carbocycles. The Morgan fingerprint density at radius 2 is 2.19 bits per heavy atom. The van der Waals surface area contributed by atoms with Crippen molar-refractivity contribution in [2.24, 2.45) is 5.41 Å². The van der Waals surface area contributed by atoms with Gasteiger partial charge in [0, 0.05) is 17.6 Å². The Balaban J connectivity index is 2.24. The highest BCUT2D eigenvalue weighted by Gasteiger charge is 2.38. The SMILES string of the molecule is C=C(Cl)CNC1c2ccccc2CC1(C)C. The molecule has 0 bridgehead atoms. The van der Waals surface area contributed by atoms with E-state index in [1.165, 1.54) is 11.1 Å². The Bertz CT molecular complexity index is 409. The lowest BCUT2D eigenvalue weighted by molar-refractivity contribution is 0.276. The number of halogens is 1. The Kier molecular flexibility index (Phi) is 3.09. The molecule has 1 atom stereocenters. The normalized spacial score (nSPS) is 21.8. The van der Waals surface area contributed by atoms with Crippen LogP contribution in [0.15, 0.2) is 35.9 Å². The summed E-state index contributed by atoms with van der Waals surface area (Å²) in [5.74, 6) is 0. The average molecular weight is 236 g/mol. The largest absolute Gasteiger partial charge is 0.304 e. The van der Waals surface area contributed by atoms with E-state index in [-0.39, 0.29) is 5.41 Å². The molecule has 1 aliphatic rings. The molecule has 1 nitrogen and oxygen atoms in total. The lowest BCUT2D eigenvalue weighted by atomic mass is 9.85. The van der Waals surface area contributed by atoms with E-state index in [4.69, 9.17) is 11.6 Å². The Hall–Kier alpha value is -0.790. The van der Waals surface area contributed by atoms with Crippen molar-refractivity contribution in [1.29, 1.82) is 0 Å². The summed E-state index contributed by atoms with van der Waals surface area (Å²) in [4.78, 5) is 0. The van der Waals surface area contributed by atoms with E-state index in [1.54, 1.807) is 0 Å². The van der Waals surface area contributed by atoms with Gasteiger partial charge in [0.25, 0.3) is 0 Å². The maximum atomic E-state index is 5.82. The fraction of sp³-hybridized carbons (Fsp3) is 0.429. The van der Waals surface area contributed by atoms with E-state index in [1.807, 2.05) is 0 Å². The van der Waals surface area contributed by atoms with Gasteiger partial charge < -0.3 is 5.32 Å². The number of fused-ring (bicyclic) bond motifs is 1. The van der Waals surface area contributed by atoms with Crippen LogP contribution in [-0.4, -0.2) is 6.54 Å². The predicted octanol–water partition coefficient (Wildman–Crippen LogP) is 3.65. The van der Waals surface area contributed by atoms with Crippen LogP contribution in [0.1, 0.15) is 31.0 Å². The number of hydrogen-bond donors (Lipinski definition) is 1. The molecule has 1 aliphatic carbocycles. The van der Waals surface area contributed by atoms with Crippen molar-refractivity contribution in [2.45, 2.75) is 26.3 Å². The molecule has 0 spiro atoms. The van der Waals surface area contributed by atoms with Crippen LogP contribution in [0.4, 0.5) is 0 Å². The molecule has 2 rings (SSSR count). The lowest BCUT2D eigenvalue weighted by Crippen LogP contribution is -2.31. The minimum atomic E-state index is 0.246. The third kappa shape index (κ3) is 2.16. The number of nitrogens with one attached hydrogen (secondary N) is 1. The summed E-state index contributed by atoms with van der Waals surface area (Å²) in [6.45, 7) is 8.98. The summed E-state index contributed by atoms with van der Waals surface area (Å²) in [5, 5.41) is 4.16. The highest BCUT2D eigenvalue weighted by Crippen LogP contribution is 2.44. The molecule has 86 valence electrons. The fourth-order valence-corrected chi connectivity index (χ4v) is 2.67. The van der Waals surface area contributed by atoms with Crippen LogP contribution in [0.3, 0.4) is 0 Å². The van der Waals surface area contributed by atoms with Gasteiger partial charge in [-0.3, -0.25) is 0 Å².